The third-order valence-electron chi connectivity index (χ3n) is 3.34. The van der Waals surface area contributed by atoms with Crippen molar-refractivity contribution in [2.24, 2.45) is 0 Å². The minimum Gasteiger partial charge on any atom is -0.469 e. The second kappa shape index (κ2) is 5.31. The largest absolute Gasteiger partial charge is 0.469 e. The first-order chi connectivity index (χ1) is 8.99. The molecule has 0 aliphatic heterocycles. The van der Waals surface area contributed by atoms with Gasteiger partial charge in [-0.05, 0) is 44.9 Å². The van der Waals surface area contributed by atoms with Crippen molar-refractivity contribution in [3.8, 4) is 0 Å². The number of nitrogens with one attached hydrogen (secondary N) is 1. The fourth-order valence-electron chi connectivity index (χ4n) is 2.28. The molecule has 0 radical (unpaired) electrons. The van der Waals surface area contributed by atoms with Crippen LogP contribution in [0.4, 0.5) is 0 Å². The molecule has 1 aromatic heterocycles. The van der Waals surface area contributed by atoms with Gasteiger partial charge in [0.05, 0.1) is 17.9 Å². The van der Waals surface area contributed by atoms with E-state index in [-0.39, 0.29) is 11.9 Å². The highest BCUT2D eigenvalue weighted by Crippen LogP contribution is 2.19. The van der Waals surface area contributed by atoms with Crippen LogP contribution in [0.2, 0.25) is 0 Å². The van der Waals surface area contributed by atoms with Crippen LogP contribution in [0.1, 0.15) is 45.8 Å². The normalized spacial score (nSPS) is 12.2. The van der Waals surface area contributed by atoms with Crippen LogP contribution in [-0.2, 0) is 0 Å². The van der Waals surface area contributed by atoms with Crippen molar-refractivity contribution in [2.75, 3.05) is 0 Å². The molecule has 2 aromatic rings. The minimum absolute atomic E-state index is 0.0256. The standard InChI is InChI=1S/C16H19NO2/c1-10-5-6-14(11(2)9-10)12(3)17-16(18)15-7-8-19-13(15)4/h5-9,12H,1-4H3,(H,17,18). The SMILES string of the molecule is Cc1ccc(C(C)NC(=O)c2ccoc2C)c(C)c1. The van der Waals surface area contributed by atoms with Crippen LogP contribution in [0.25, 0.3) is 0 Å². The van der Waals surface area contributed by atoms with Crippen molar-refractivity contribution in [3.05, 3.63) is 58.5 Å². The lowest BCUT2D eigenvalue weighted by atomic mass is 10.00. The van der Waals surface area contributed by atoms with Crippen LogP contribution in [0.15, 0.2) is 34.9 Å². The molecule has 2 rings (SSSR count). The molecule has 19 heavy (non-hydrogen) atoms. The summed E-state index contributed by atoms with van der Waals surface area (Å²) in [6.07, 6.45) is 1.53. The van der Waals surface area contributed by atoms with Crippen molar-refractivity contribution in [1.29, 1.82) is 0 Å². The Morgan fingerprint density at radius 2 is 1.95 bits per heavy atom. The third-order valence-corrected chi connectivity index (χ3v) is 3.34. The molecule has 1 amide bonds. The molecular weight excluding hydrogens is 238 g/mol. The lowest BCUT2D eigenvalue weighted by Gasteiger charge is -2.17. The molecule has 0 aliphatic carbocycles. The lowest BCUT2D eigenvalue weighted by molar-refractivity contribution is 0.0938. The molecule has 0 saturated heterocycles. The third kappa shape index (κ3) is 2.87. The van der Waals surface area contributed by atoms with Gasteiger partial charge in [0.25, 0.3) is 5.91 Å². The first-order valence-corrected chi connectivity index (χ1v) is 6.41. The fraction of sp³-hybridized carbons (Fsp3) is 0.312. The predicted octanol–water partition coefficient (Wildman–Crippen LogP) is 3.70. The van der Waals surface area contributed by atoms with Gasteiger partial charge in [-0.15, -0.1) is 0 Å². The van der Waals surface area contributed by atoms with Gasteiger partial charge < -0.3 is 9.73 Å². The summed E-state index contributed by atoms with van der Waals surface area (Å²) in [5, 5.41) is 3.00. The molecule has 1 heterocycles. The van der Waals surface area contributed by atoms with Gasteiger partial charge in [-0.1, -0.05) is 23.8 Å². The summed E-state index contributed by atoms with van der Waals surface area (Å²) < 4.78 is 5.15. The van der Waals surface area contributed by atoms with Crippen LogP contribution >= 0.6 is 0 Å². The maximum atomic E-state index is 12.1. The Morgan fingerprint density at radius 3 is 2.53 bits per heavy atom. The van der Waals surface area contributed by atoms with Crippen molar-refractivity contribution in [1.82, 2.24) is 5.32 Å². The molecule has 0 aliphatic rings. The number of rotatable bonds is 3. The van der Waals surface area contributed by atoms with Crippen molar-refractivity contribution in [2.45, 2.75) is 33.7 Å². The Balaban J connectivity index is 2.15. The van der Waals surface area contributed by atoms with Gasteiger partial charge in [0.2, 0.25) is 0 Å². The van der Waals surface area contributed by atoms with E-state index in [4.69, 9.17) is 4.42 Å². The zero-order chi connectivity index (χ0) is 14.0. The second-order valence-electron chi connectivity index (χ2n) is 4.95. The maximum Gasteiger partial charge on any atom is 0.255 e. The highest BCUT2D eigenvalue weighted by atomic mass is 16.3. The summed E-state index contributed by atoms with van der Waals surface area (Å²) in [5.74, 6) is 0.545. The maximum absolute atomic E-state index is 12.1. The van der Waals surface area contributed by atoms with Crippen LogP contribution in [-0.4, -0.2) is 5.91 Å². The predicted molar refractivity (Wildman–Crippen MR) is 75.2 cm³/mol. The van der Waals surface area contributed by atoms with Gasteiger partial charge in [0.15, 0.2) is 0 Å². The van der Waals surface area contributed by atoms with Crippen molar-refractivity contribution < 1.29 is 9.21 Å². The molecule has 1 unspecified atom stereocenters. The molecule has 0 fully saturated rings. The van der Waals surface area contributed by atoms with Gasteiger partial charge in [0, 0.05) is 0 Å². The van der Waals surface area contributed by atoms with Crippen LogP contribution < -0.4 is 5.32 Å². The molecule has 100 valence electrons. The van der Waals surface area contributed by atoms with Gasteiger partial charge >= 0.3 is 0 Å². The first kappa shape index (κ1) is 13.4. The van der Waals surface area contributed by atoms with E-state index in [1.54, 1.807) is 13.0 Å². The second-order valence-corrected chi connectivity index (χ2v) is 4.95. The molecule has 0 spiro atoms. The zero-order valence-electron chi connectivity index (χ0n) is 11.8. The molecule has 0 bridgehead atoms. The van der Waals surface area contributed by atoms with Gasteiger partial charge in [0.1, 0.15) is 5.76 Å². The minimum atomic E-state index is -0.0984. The van der Waals surface area contributed by atoms with E-state index in [9.17, 15) is 4.79 Å². The molecule has 1 N–H and O–H groups in total. The Labute approximate surface area is 113 Å². The lowest BCUT2D eigenvalue weighted by Crippen LogP contribution is -2.27. The summed E-state index contributed by atoms with van der Waals surface area (Å²) in [5.41, 5.74) is 4.15. The van der Waals surface area contributed by atoms with E-state index < -0.39 is 0 Å². The Hall–Kier alpha value is -2.03. The monoisotopic (exact) mass is 257 g/mol. The molecule has 0 saturated carbocycles. The van der Waals surface area contributed by atoms with Gasteiger partial charge in [-0.2, -0.15) is 0 Å². The Kier molecular flexibility index (Phi) is 3.74. The van der Waals surface area contributed by atoms with E-state index in [0.29, 0.717) is 11.3 Å². The summed E-state index contributed by atoms with van der Waals surface area (Å²) in [6, 6.07) is 7.93. The smallest absolute Gasteiger partial charge is 0.255 e. The van der Waals surface area contributed by atoms with E-state index in [2.05, 4.69) is 37.4 Å². The number of carbonyl (C=O) groups is 1. The number of furan rings is 1. The number of carbonyl (C=O) groups excluding carboxylic acids is 1. The molecular formula is C16H19NO2. The van der Waals surface area contributed by atoms with Crippen LogP contribution in [0, 0.1) is 20.8 Å². The number of amides is 1. The summed E-state index contributed by atoms with van der Waals surface area (Å²) in [6.45, 7) is 7.91. The summed E-state index contributed by atoms with van der Waals surface area (Å²) >= 11 is 0. The number of hydrogen-bond donors (Lipinski definition) is 1. The molecule has 1 aromatic carbocycles. The van der Waals surface area contributed by atoms with E-state index in [1.807, 2.05) is 6.92 Å². The van der Waals surface area contributed by atoms with Crippen LogP contribution in [0.3, 0.4) is 0 Å². The highest BCUT2D eigenvalue weighted by Gasteiger charge is 2.16. The van der Waals surface area contributed by atoms with E-state index >= 15 is 0 Å². The molecule has 1 atom stereocenters. The van der Waals surface area contributed by atoms with Crippen LogP contribution in [0.5, 0.6) is 0 Å². The Bertz CT molecular complexity index is 599. The number of benzene rings is 1. The van der Waals surface area contributed by atoms with Crippen molar-refractivity contribution in [3.63, 3.8) is 0 Å². The molecule has 3 heteroatoms. The quantitative estimate of drug-likeness (QED) is 0.911. The fourth-order valence-corrected chi connectivity index (χ4v) is 2.28. The summed E-state index contributed by atoms with van der Waals surface area (Å²) in [4.78, 5) is 12.1. The Morgan fingerprint density at radius 1 is 1.21 bits per heavy atom. The highest BCUT2D eigenvalue weighted by molar-refractivity contribution is 5.95. The average molecular weight is 257 g/mol. The topological polar surface area (TPSA) is 42.2 Å². The van der Waals surface area contributed by atoms with Crippen molar-refractivity contribution >= 4 is 5.91 Å². The van der Waals surface area contributed by atoms with Gasteiger partial charge in [-0.25, -0.2) is 0 Å². The first-order valence-electron chi connectivity index (χ1n) is 6.41. The summed E-state index contributed by atoms with van der Waals surface area (Å²) in [7, 11) is 0. The number of hydrogen-bond acceptors (Lipinski definition) is 2. The number of aryl methyl sites for hydroxylation is 3. The average Bonchev–Trinajstić information content (AvgIpc) is 2.75. The van der Waals surface area contributed by atoms with E-state index in [0.717, 1.165) is 5.56 Å². The van der Waals surface area contributed by atoms with E-state index in [1.165, 1.54) is 17.4 Å². The molecule has 3 nitrogen and oxygen atoms in total. The van der Waals surface area contributed by atoms with Gasteiger partial charge in [-0.3, -0.25) is 4.79 Å². The zero-order valence-corrected chi connectivity index (χ0v) is 11.8.